The SMILES string of the molecule is COc1ccc(N(C)/N=C/c2cc[n+](C)cc2)cc1.II.[Cl-]. The second-order valence-corrected chi connectivity index (χ2v) is 4.26. The topological polar surface area (TPSA) is 28.7 Å². The molecule has 1 aromatic carbocycles. The number of hydrogen-bond donors (Lipinski definition) is 0. The molecule has 0 radical (unpaired) electrons. The van der Waals surface area contributed by atoms with Crippen LogP contribution in [0.2, 0.25) is 0 Å². The monoisotopic (exact) mass is 545 g/mol. The minimum absolute atomic E-state index is 0. The van der Waals surface area contributed by atoms with Gasteiger partial charge in [0.2, 0.25) is 0 Å². The van der Waals surface area contributed by atoms with Crippen molar-refractivity contribution in [1.29, 1.82) is 0 Å². The van der Waals surface area contributed by atoms with E-state index in [2.05, 4.69) is 42.3 Å². The van der Waals surface area contributed by atoms with E-state index in [1.54, 1.807) is 7.11 Å². The van der Waals surface area contributed by atoms with Crippen LogP contribution in [0.25, 0.3) is 0 Å². The Bertz CT molecular complexity index is 562. The maximum atomic E-state index is 5.13. The Morgan fingerprint density at radius 3 is 2.14 bits per heavy atom. The van der Waals surface area contributed by atoms with Crippen molar-refractivity contribution < 1.29 is 21.7 Å². The quantitative estimate of drug-likeness (QED) is 0.246. The average Bonchev–Trinajstić information content (AvgIpc) is 2.56. The predicted octanol–water partition coefficient (Wildman–Crippen LogP) is 0.765. The summed E-state index contributed by atoms with van der Waals surface area (Å²) in [6, 6.07) is 11.8. The Hall–Kier alpha value is -0.610. The number of aryl methyl sites for hydroxylation is 1. The number of hydrogen-bond acceptors (Lipinski definition) is 3. The number of aromatic nitrogens is 1. The minimum atomic E-state index is 0. The van der Waals surface area contributed by atoms with Crippen LogP contribution in [0.3, 0.4) is 0 Å². The zero-order valence-electron chi connectivity index (χ0n) is 12.6. The van der Waals surface area contributed by atoms with Gasteiger partial charge < -0.3 is 17.1 Å². The first kappa shape index (κ1) is 21.4. The number of methoxy groups -OCH3 is 1. The molecule has 0 spiro atoms. The lowest BCUT2D eigenvalue weighted by molar-refractivity contribution is -0.671. The molecule has 4 nitrogen and oxygen atoms in total. The van der Waals surface area contributed by atoms with Crippen LogP contribution in [0.15, 0.2) is 53.9 Å². The molecule has 0 aliphatic rings. The molecular formula is C15H18ClI2N3O. The molecule has 22 heavy (non-hydrogen) atoms. The Labute approximate surface area is 161 Å². The molecule has 0 fully saturated rings. The van der Waals surface area contributed by atoms with Crippen LogP contribution >= 0.6 is 37.2 Å². The van der Waals surface area contributed by atoms with Gasteiger partial charge in [0, 0.05) is 62.0 Å². The van der Waals surface area contributed by atoms with Crippen molar-refractivity contribution in [2.45, 2.75) is 0 Å². The summed E-state index contributed by atoms with van der Waals surface area (Å²) < 4.78 is 7.12. The number of rotatable bonds is 4. The fraction of sp³-hybridized carbons (Fsp3) is 0.200. The van der Waals surface area contributed by atoms with Crippen LogP contribution in [0.4, 0.5) is 5.69 Å². The van der Waals surface area contributed by atoms with E-state index in [9.17, 15) is 0 Å². The van der Waals surface area contributed by atoms with E-state index in [0.717, 1.165) is 17.0 Å². The van der Waals surface area contributed by atoms with Gasteiger partial charge in [-0.05, 0) is 24.3 Å². The van der Waals surface area contributed by atoms with Gasteiger partial charge in [0.15, 0.2) is 12.4 Å². The van der Waals surface area contributed by atoms with Gasteiger partial charge in [-0.1, -0.05) is 0 Å². The van der Waals surface area contributed by atoms with Crippen molar-refractivity contribution in [3.8, 4) is 5.75 Å². The highest BCUT2D eigenvalue weighted by atomic mass is 128. The summed E-state index contributed by atoms with van der Waals surface area (Å²) in [7, 11) is 5.57. The lowest BCUT2D eigenvalue weighted by Gasteiger charge is -2.12. The van der Waals surface area contributed by atoms with Crippen molar-refractivity contribution in [2.75, 3.05) is 19.2 Å². The molecule has 2 aromatic rings. The molecule has 120 valence electrons. The molecule has 0 aliphatic heterocycles. The molecule has 0 N–H and O–H groups in total. The Balaban J connectivity index is 0.00000141. The summed E-state index contributed by atoms with van der Waals surface area (Å²) in [5, 5.41) is 6.23. The minimum Gasteiger partial charge on any atom is -1.00 e. The van der Waals surface area contributed by atoms with Crippen LogP contribution in [-0.4, -0.2) is 20.4 Å². The van der Waals surface area contributed by atoms with Crippen molar-refractivity contribution in [3.63, 3.8) is 0 Å². The fourth-order valence-corrected chi connectivity index (χ4v) is 1.62. The van der Waals surface area contributed by atoms with E-state index in [-0.39, 0.29) is 12.4 Å². The highest BCUT2D eigenvalue weighted by Crippen LogP contribution is 2.18. The van der Waals surface area contributed by atoms with Gasteiger partial charge in [-0.15, -0.1) is 0 Å². The highest BCUT2D eigenvalue weighted by molar-refractivity contribution is 15.0. The van der Waals surface area contributed by atoms with E-state index in [4.69, 9.17) is 4.74 Å². The predicted molar refractivity (Wildman–Crippen MR) is 105 cm³/mol. The summed E-state index contributed by atoms with van der Waals surface area (Å²) in [6.45, 7) is 0. The normalized spacial score (nSPS) is 9.50. The summed E-state index contributed by atoms with van der Waals surface area (Å²) in [5.41, 5.74) is 2.08. The highest BCUT2D eigenvalue weighted by Gasteiger charge is 1.99. The first-order chi connectivity index (χ1) is 10.2. The maximum absolute atomic E-state index is 5.13. The van der Waals surface area contributed by atoms with E-state index >= 15 is 0 Å². The third-order valence-electron chi connectivity index (χ3n) is 2.83. The summed E-state index contributed by atoms with van der Waals surface area (Å²) in [6.07, 6.45) is 5.83. The summed E-state index contributed by atoms with van der Waals surface area (Å²) >= 11 is 4.24. The molecule has 1 aromatic heterocycles. The van der Waals surface area contributed by atoms with Crippen LogP contribution < -0.4 is 26.7 Å². The first-order valence-electron chi connectivity index (χ1n) is 6.20. The van der Waals surface area contributed by atoms with E-state index in [1.165, 1.54) is 0 Å². The van der Waals surface area contributed by atoms with Crippen molar-refractivity contribution >= 4 is 49.1 Å². The van der Waals surface area contributed by atoms with Crippen molar-refractivity contribution in [2.24, 2.45) is 12.1 Å². The van der Waals surface area contributed by atoms with Gasteiger partial charge >= 0.3 is 0 Å². The number of nitrogens with zero attached hydrogens (tertiary/aromatic N) is 3. The Kier molecular flexibility index (Phi) is 11.6. The van der Waals surface area contributed by atoms with Gasteiger partial charge in [0.1, 0.15) is 12.8 Å². The fourth-order valence-electron chi connectivity index (χ4n) is 1.62. The molecule has 7 heteroatoms. The van der Waals surface area contributed by atoms with Gasteiger partial charge in [-0.3, -0.25) is 5.01 Å². The molecule has 1 heterocycles. The molecule has 0 amide bonds. The lowest BCUT2D eigenvalue weighted by atomic mass is 10.3. The number of benzene rings is 1. The van der Waals surface area contributed by atoms with Crippen LogP contribution in [-0.2, 0) is 7.05 Å². The zero-order valence-corrected chi connectivity index (χ0v) is 17.7. The van der Waals surface area contributed by atoms with Crippen molar-refractivity contribution in [1.82, 2.24) is 0 Å². The van der Waals surface area contributed by atoms with Gasteiger partial charge in [0.25, 0.3) is 0 Å². The zero-order chi connectivity index (χ0) is 15.7. The van der Waals surface area contributed by atoms with Gasteiger partial charge in [-0.25, -0.2) is 4.57 Å². The maximum Gasteiger partial charge on any atom is 0.169 e. The number of hydrazone groups is 1. The second kappa shape index (κ2) is 11.9. The number of halogens is 3. The van der Waals surface area contributed by atoms with Crippen LogP contribution in [0, 0.1) is 0 Å². The van der Waals surface area contributed by atoms with E-state index in [1.807, 2.05) is 78.7 Å². The first-order valence-corrected chi connectivity index (χ1v) is 12.5. The van der Waals surface area contributed by atoms with Gasteiger partial charge in [0.05, 0.1) is 19.0 Å². The average molecular weight is 546 g/mol. The third kappa shape index (κ3) is 7.10. The molecule has 0 unspecified atom stereocenters. The lowest BCUT2D eigenvalue weighted by Crippen LogP contribution is -3.00. The molecule has 0 atom stereocenters. The Morgan fingerprint density at radius 2 is 1.64 bits per heavy atom. The van der Waals surface area contributed by atoms with E-state index < -0.39 is 0 Å². The number of pyridine rings is 1. The van der Waals surface area contributed by atoms with Crippen molar-refractivity contribution in [3.05, 3.63) is 54.4 Å². The molecule has 0 saturated heterocycles. The molecule has 0 aliphatic carbocycles. The summed E-state index contributed by atoms with van der Waals surface area (Å²) in [5.74, 6) is 0.844. The second-order valence-electron chi connectivity index (χ2n) is 4.26. The number of ether oxygens (including phenoxy) is 1. The molecule has 0 saturated carbocycles. The van der Waals surface area contributed by atoms with Crippen LogP contribution in [0.5, 0.6) is 5.75 Å². The number of anilines is 1. The molecule has 0 bridgehead atoms. The standard InChI is InChI=1S/C15H18N3O.ClH.I2/c1-17-10-8-13(9-11-17)12-16-18(2)14-4-6-15(19-3)7-5-14;;1-2/h4-12H,1-3H3;1H;/q+1;;/p-1. The summed E-state index contributed by atoms with van der Waals surface area (Å²) in [4.78, 5) is 0. The van der Waals surface area contributed by atoms with Crippen LogP contribution in [0.1, 0.15) is 5.56 Å². The third-order valence-corrected chi connectivity index (χ3v) is 2.83. The Morgan fingerprint density at radius 1 is 1.09 bits per heavy atom. The van der Waals surface area contributed by atoms with E-state index in [0.29, 0.717) is 0 Å². The molecule has 2 rings (SSSR count). The smallest absolute Gasteiger partial charge is 0.169 e. The largest absolute Gasteiger partial charge is 1.00 e. The van der Waals surface area contributed by atoms with Gasteiger partial charge in [-0.2, -0.15) is 5.10 Å². The molecular weight excluding hydrogens is 527 g/mol.